The highest BCUT2D eigenvalue weighted by Crippen LogP contribution is 2.24. The molecule has 0 aliphatic carbocycles. The number of imide groups is 1. The normalized spacial score (nSPS) is 10.7. The Kier molecular flexibility index (Phi) is 6.42. The highest BCUT2D eigenvalue weighted by molar-refractivity contribution is 9.10. The summed E-state index contributed by atoms with van der Waals surface area (Å²) in [5.41, 5.74) is 0.774. The summed E-state index contributed by atoms with van der Waals surface area (Å²) in [6.45, 7) is 4.45. The van der Waals surface area contributed by atoms with Crippen LogP contribution in [0.1, 0.15) is 20.3 Å². The third-order valence-electron chi connectivity index (χ3n) is 3.11. The molecule has 0 radical (unpaired) electrons. The Morgan fingerprint density at radius 2 is 2.04 bits per heavy atom. The second kappa shape index (κ2) is 8.53. The number of benzene rings is 1. The number of urea groups is 1. The summed E-state index contributed by atoms with van der Waals surface area (Å²) >= 11 is 3.41. The lowest BCUT2D eigenvalue weighted by Gasteiger charge is -2.07. The first-order chi connectivity index (χ1) is 11.5. The molecule has 0 fully saturated rings. The molecule has 1 aromatic carbocycles. The van der Waals surface area contributed by atoms with E-state index in [4.69, 9.17) is 0 Å². The van der Waals surface area contributed by atoms with Gasteiger partial charge in [0.2, 0.25) is 5.82 Å². The Balaban J connectivity index is 1.87. The first kappa shape index (κ1) is 18.1. The van der Waals surface area contributed by atoms with Crippen molar-refractivity contribution in [2.45, 2.75) is 26.8 Å². The highest BCUT2D eigenvalue weighted by atomic mass is 79.9. The van der Waals surface area contributed by atoms with Gasteiger partial charge >= 0.3 is 6.03 Å². The number of amides is 3. The predicted molar refractivity (Wildman–Crippen MR) is 91.9 cm³/mol. The Labute approximate surface area is 148 Å². The van der Waals surface area contributed by atoms with Gasteiger partial charge in [0.25, 0.3) is 5.91 Å². The van der Waals surface area contributed by atoms with E-state index < -0.39 is 11.9 Å². The Hall–Kier alpha value is -2.29. The summed E-state index contributed by atoms with van der Waals surface area (Å²) in [5, 5.41) is 16.8. The molecular weight excluding hydrogens is 376 g/mol. The fourth-order valence-electron chi connectivity index (χ4n) is 1.87. The molecule has 0 aliphatic rings. The molecule has 3 amide bonds. The number of carbonyl (C=O) groups excluding carboxylic acids is 2. The standard InChI is InChI=1S/C15H19BrN6O2/c1-10(2)7-8-17-15(24)18-13(23)9-22-20-14(19-21-22)11-5-3-4-6-12(11)16/h3-6,10H,7-9H2,1-2H3,(H2,17,18,23,24). The van der Waals surface area contributed by atoms with Crippen LogP contribution in [0.15, 0.2) is 28.7 Å². The molecule has 0 saturated carbocycles. The van der Waals surface area contributed by atoms with Gasteiger partial charge in [-0.1, -0.05) is 41.9 Å². The van der Waals surface area contributed by atoms with Crippen LogP contribution in [0.4, 0.5) is 4.79 Å². The van der Waals surface area contributed by atoms with Crippen LogP contribution in [0, 0.1) is 5.92 Å². The maximum absolute atomic E-state index is 11.8. The Morgan fingerprint density at radius 3 is 2.75 bits per heavy atom. The molecule has 0 spiro atoms. The molecule has 9 heteroatoms. The van der Waals surface area contributed by atoms with Crippen LogP contribution in [0.3, 0.4) is 0 Å². The summed E-state index contributed by atoms with van der Waals surface area (Å²) in [4.78, 5) is 24.5. The number of nitrogens with one attached hydrogen (secondary N) is 2. The second-order valence-electron chi connectivity index (χ2n) is 5.61. The van der Waals surface area contributed by atoms with Crippen molar-refractivity contribution in [2.75, 3.05) is 6.54 Å². The molecule has 0 saturated heterocycles. The van der Waals surface area contributed by atoms with E-state index in [0.29, 0.717) is 18.3 Å². The van der Waals surface area contributed by atoms with Gasteiger partial charge in [-0.2, -0.15) is 4.80 Å². The van der Waals surface area contributed by atoms with Crippen molar-refractivity contribution in [3.05, 3.63) is 28.7 Å². The van der Waals surface area contributed by atoms with Gasteiger partial charge in [-0.05, 0) is 29.7 Å². The topological polar surface area (TPSA) is 102 Å². The number of hydrogen-bond acceptors (Lipinski definition) is 5. The van der Waals surface area contributed by atoms with E-state index >= 15 is 0 Å². The van der Waals surface area contributed by atoms with Crippen molar-refractivity contribution in [1.82, 2.24) is 30.8 Å². The molecular formula is C15H19BrN6O2. The molecule has 0 unspecified atom stereocenters. The molecule has 2 N–H and O–H groups in total. The number of rotatable bonds is 6. The van der Waals surface area contributed by atoms with Crippen LogP contribution in [-0.2, 0) is 11.3 Å². The number of aromatic nitrogens is 4. The Morgan fingerprint density at radius 1 is 1.29 bits per heavy atom. The lowest BCUT2D eigenvalue weighted by molar-refractivity contribution is -0.121. The van der Waals surface area contributed by atoms with Gasteiger partial charge < -0.3 is 5.32 Å². The number of carbonyl (C=O) groups is 2. The number of tetrazole rings is 1. The van der Waals surface area contributed by atoms with Crippen LogP contribution < -0.4 is 10.6 Å². The average molecular weight is 395 g/mol. The summed E-state index contributed by atoms with van der Waals surface area (Å²) in [5.74, 6) is 0.376. The zero-order valence-corrected chi connectivity index (χ0v) is 15.1. The lowest BCUT2D eigenvalue weighted by Crippen LogP contribution is -2.41. The van der Waals surface area contributed by atoms with Gasteiger partial charge in [0, 0.05) is 16.6 Å². The van der Waals surface area contributed by atoms with Crippen molar-refractivity contribution < 1.29 is 9.59 Å². The van der Waals surface area contributed by atoms with Crippen molar-refractivity contribution in [2.24, 2.45) is 5.92 Å². The van der Waals surface area contributed by atoms with Crippen LogP contribution >= 0.6 is 15.9 Å². The van der Waals surface area contributed by atoms with Gasteiger partial charge in [0.1, 0.15) is 6.54 Å². The van der Waals surface area contributed by atoms with Gasteiger partial charge in [-0.15, -0.1) is 10.2 Å². The zero-order chi connectivity index (χ0) is 17.5. The van der Waals surface area contributed by atoms with Crippen molar-refractivity contribution in [1.29, 1.82) is 0 Å². The minimum absolute atomic E-state index is 0.185. The van der Waals surface area contributed by atoms with E-state index in [1.54, 1.807) is 0 Å². The molecule has 2 rings (SSSR count). The maximum atomic E-state index is 11.8. The number of halogens is 1. The van der Waals surface area contributed by atoms with Gasteiger partial charge in [-0.25, -0.2) is 4.79 Å². The van der Waals surface area contributed by atoms with E-state index in [0.717, 1.165) is 21.3 Å². The Bertz CT molecular complexity index is 715. The van der Waals surface area contributed by atoms with Crippen LogP contribution in [0.5, 0.6) is 0 Å². The van der Waals surface area contributed by atoms with E-state index in [1.807, 2.05) is 24.3 Å². The predicted octanol–water partition coefficient (Wildman–Crippen LogP) is 1.97. The summed E-state index contributed by atoms with van der Waals surface area (Å²) in [6, 6.07) is 6.92. The minimum Gasteiger partial charge on any atom is -0.338 e. The molecule has 24 heavy (non-hydrogen) atoms. The van der Waals surface area contributed by atoms with E-state index in [-0.39, 0.29) is 6.54 Å². The largest absolute Gasteiger partial charge is 0.338 e. The SMILES string of the molecule is CC(C)CCNC(=O)NC(=O)Cn1nnc(-c2ccccc2Br)n1. The van der Waals surface area contributed by atoms with Gasteiger partial charge in [0.05, 0.1) is 0 Å². The average Bonchev–Trinajstić information content (AvgIpc) is 2.95. The first-order valence-electron chi connectivity index (χ1n) is 7.56. The maximum Gasteiger partial charge on any atom is 0.321 e. The summed E-state index contributed by atoms with van der Waals surface area (Å²) < 4.78 is 0.832. The number of hydrogen-bond donors (Lipinski definition) is 2. The van der Waals surface area contributed by atoms with Crippen LogP contribution in [-0.4, -0.2) is 38.7 Å². The molecule has 0 bridgehead atoms. The molecule has 1 aromatic heterocycles. The molecule has 8 nitrogen and oxygen atoms in total. The molecule has 1 heterocycles. The van der Waals surface area contributed by atoms with Crippen LogP contribution in [0.2, 0.25) is 0 Å². The molecule has 2 aromatic rings. The van der Waals surface area contributed by atoms with E-state index in [2.05, 4.69) is 55.8 Å². The third-order valence-corrected chi connectivity index (χ3v) is 3.80. The second-order valence-corrected chi connectivity index (χ2v) is 6.46. The fraction of sp³-hybridized carbons (Fsp3) is 0.400. The first-order valence-corrected chi connectivity index (χ1v) is 8.35. The van der Waals surface area contributed by atoms with E-state index in [1.165, 1.54) is 0 Å². The van der Waals surface area contributed by atoms with Crippen molar-refractivity contribution in [3.63, 3.8) is 0 Å². The van der Waals surface area contributed by atoms with Crippen molar-refractivity contribution in [3.8, 4) is 11.4 Å². The third kappa shape index (κ3) is 5.41. The molecule has 0 aliphatic heterocycles. The van der Waals surface area contributed by atoms with Crippen LogP contribution in [0.25, 0.3) is 11.4 Å². The van der Waals surface area contributed by atoms with Crippen molar-refractivity contribution >= 4 is 27.9 Å². The minimum atomic E-state index is -0.521. The fourth-order valence-corrected chi connectivity index (χ4v) is 2.34. The van der Waals surface area contributed by atoms with E-state index in [9.17, 15) is 9.59 Å². The number of nitrogens with zero attached hydrogens (tertiary/aromatic N) is 4. The highest BCUT2D eigenvalue weighted by Gasteiger charge is 2.13. The summed E-state index contributed by atoms with van der Waals surface area (Å²) in [6.07, 6.45) is 0.849. The van der Waals surface area contributed by atoms with Gasteiger partial charge in [0.15, 0.2) is 0 Å². The zero-order valence-electron chi connectivity index (χ0n) is 13.5. The monoisotopic (exact) mass is 394 g/mol. The molecule has 128 valence electrons. The molecule has 0 atom stereocenters. The lowest BCUT2D eigenvalue weighted by atomic mass is 10.1. The smallest absolute Gasteiger partial charge is 0.321 e. The summed E-state index contributed by atoms with van der Waals surface area (Å²) in [7, 11) is 0. The van der Waals surface area contributed by atoms with Gasteiger partial charge in [-0.3, -0.25) is 10.1 Å². The quantitative estimate of drug-likeness (QED) is 0.779.